The summed E-state index contributed by atoms with van der Waals surface area (Å²) >= 11 is 1.97. The molecule has 0 aromatic heterocycles. The second-order valence-electron chi connectivity index (χ2n) is 5.05. The van der Waals surface area contributed by atoms with Gasteiger partial charge in [0.05, 0.1) is 0 Å². The van der Waals surface area contributed by atoms with Crippen molar-refractivity contribution in [2.75, 3.05) is 12.0 Å². The highest BCUT2D eigenvalue weighted by Crippen LogP contribution is 2.44. The minimum Gasteiger partial charge on any atom is -0.311 e. The first-order valence-electron chi connectivity index (χ1n) is 6.06. The SMILES string of the molecule is CSCCC(C)NC(C1CC1)C1CC1. The minimum atomic E-state index is 0.730. The zero-order chi connectivity index (χ0) is 9.97. The molecule has 0 aromatic carbocycles. The molecule has 2 aliphatic rings. The summed E-state index contributed by atoms with van der Waals surface area (Å²) in [5, 5.41) is 3.86. The van der Waals surface area contributed by atoms with E-state index < -0.39 is 0 Å². The summed E-state index contributed by atoms with van der Waals surface area (Å²) in [5.74, 6) is 3.38. The fourth-order valence-corrected chi connectivity index (χ4v) is 2.86. The van der Waals surface area contributed by atoms with E-state index in [4.69, 9.17) is 0 Å². The molecule has 0 heterocycles. The molecule has 0 bridgehead atoms. The van der Waals surface area contributed by atoms with Crippen molar-refractivity contribution < 1.29 is 0 Å². The largest absolute Gasteiger partial charge is 0.311 e. The maximum absolute atomic E-state index is 3.86. The average Bonchev–Trinajstić information content (AvgIpc) is 3.04. The Hall–Kier alpha value is 0.310. The third-order valence-electron chi connectivity index (χ3n) is 3.49. The zero-order valence-electron chi connectivity index (χ0n) is 9.46. The molecule has 2 heteroatoms. The second kappa shape index (κ2) is 4.89. The van der Waals surface area contributed by atoms with E-state index in [1.807, 2.05) is 11.8 Å². The third-order valence-corrected chi connectivity index (χ3v) is 4.14. The Morgan fingerprint density at radius 3 is 2.21 bits per heavy atom. The smallest absolute Gasteiger partial charge is 0.0126 e. The summed E-state index contributed by atoms with van der Waals surface area (Å²) in [7, 11) is 0. The third kappa shape index (κ3) is 3.16. The molecule has 0 aromatic rings. The fraction of sp³-hybridized carbons (Fsp3) is 1.00. The first-order valence-corrected chi connectivity index (χ1v) is 7.45. The normalized spacial score (nSPS) is 24.2. The van der Waals surface area contributed by atoms with Gasteiger partial charge in [0.1, 0.15) is 0 Å². The Bertz CT molecular complexity index is 163. The van der Waals surface area contributed by atoms with Crippen molar-refractivity contribution in [3.8, 4) is 0 Å². The second-order valence-corrected chi connectivity index (χ2v) is 6.04. The lowest BCUT2D eigenvalue weighted by atomic mass is 10.1. The molecule has 2 rings (SSSR count). The molecule has 0 radical (unpaired) electrons. The predicted molar refractivity (Wildman–Crippen MR) is 64.8 cm³/mol. The van der Waals surface area contributed by atoms with Crippen LogP contribution in [0.5, 0.6) is 0 Å². The Morgan fingerprint density at radius 2 is 1.79 bits per heavy atom. The van der Waals surface area contributed by atoms with E-state index in [-0.39, 0.29) is 0 Å². The summed E-state index contributed by atoms with van der Waals surface area (Å²) in [5.41, 5.74) is 0. The van der Waals surface area contributed by atoms with E-state index in [2.05, 4.69) is 18.5 Å². The van der Waals surface area contributed by atoms with Crippen LogP contribution in [0.2, 0.25) is 0 Å². The lowest BCUT2D eigenvalue weighted by Crippen LogP contribution is -2.39. The number of nitrogens with one attached hydrogen (secondary N) is 1. The van der Waals surface area contributed by atoms with E-state index in [0.29, 0.717) is 0 Å². The standard InChI is InChI=1S/C12H23NS/c1-9(7-8-14-2)13-12(10-3-4-10)11-5-6-11/h9-13H,3-8H2,1-2H3. The van der Waals surface area contributed by atoms with Crippen molar-refractivity contribution in [2.45, 2.75) is 51.1 Å². The van der Waals surface area contributed by atoms with Crippen LogP contribution in [0, 0.1) is 11.8 Å². The number of hydrogen-bond acceptors (Lipinski definition) is 2. The molecular weight excluding hydrogens is 190 g/mol. The molecule has 0 amide bonds. The minimum absolute atomic E-state index is 0.730. The first-order chi connectivity index (χ1) is 6.81. The summed E-state index contributed by atoms with van der Waals surface area (Å²) in [6.07, 6.45) is 9.49. The Kier molecular flexibility index (Phi) is 3.78. The van der Waals surface area contributed by atoms with Crippen LogP contribution in [-0.2, 0) is 0 Å². The van der Waals surface area contributed by atoms with Crippen molar-refractivity contribution in [1.29, 1.82) is 0 Å². The Labute approximate surface area is 92.4 Å². The maximum atomic E-state index is 3.86. The van der Waals surface area contributed by atoms with Gasteiger partial charge in [0, 0.05) is 12.1 Å². The van der Waals surface area contributed by atoms with Crippen LogP contribution in [-0.4, -0.2) is 24.1 Å². The molecule has 2 aliphatic carbocycles. The van der Waals surface area contributed by atoms with Crippen molar-refractivity contribution in [3.63, 3.8) is 0 Å². The highest BCUT2D eigenvalue weighted by molar-refractivity contribution is 7.98. The molecule has 2 fully saturated rings. The van der Waals surface area contributed by atoms with Crippen LogP contribution in [0.25, 0.3) is 0 Å². The number of rotatable bonds is 7. The van der Waals surface area contributed by atoms with Gasteiger partial charge in [0.2, 0.25) is 0 Å². The Balaban J connectivity index is 1.69. The summed E-state index contributed by atoms with van der Waals surface area (Å²) in [6, 6.07) is 1.61. The van der Waals surface area contributed by atoms with E-state index in [9.17, 15) is 0 Å². The van der Waals surface area contributed by atoms with Gasteiger partial charge in [-0.05, 0) is 62.9 Å². The van der Waals surface area contributed by atoms with Gasteiger partial charge in [-0.1, -0.05) is 0 Å². The van der Waals surface area contributed by atoms with Crippen molar-refractivity contribution in [3.05, 3.63) is 0 Å². The van der Waals surface area contributed by atoms with Crippen LogP contribution in [0.1, 0.15) is 39.0 Å². The molecule has 0 spiro atoms. The lowest BCUT2D eigenvalue weighted by molar-refractivity contribution is 0.368. The van der Waals surface area contributed by atoms with Gasteiger partial charge in [-0.2, -0.15) is 11.8 Å². The number of hydrogen-bond donors (Lipinski definition) is 1. The Morgan fingerprint density at radius 1 is 1.21 bits per heavy atom. The molecule has 1 unspecified atom stereocenters. The molecule has 1 nitrogen and oxygen atoms in total. The van der Waals surface area contributed by atoms with Crippen LogP contribution in [0.3, 0.4) is 0 Å². The lowest BCUT2D eigenvalue weighted by Gasteiger charge is -2.23. The van der Waals surface area contributed by atoms with E-state index in [0.717, 1.165) is 23.9 Å². The molecule has 0 saturated heterocycles. The zero-order valence-corrected chi connectivity index (χ0v) is 10.3. The van der Waals surface area contributed by atoms with E-state index >= 15 is 0 Å². The average molecular weight is 213 g/mol. The van der Waals surface area contributed by atoms with Crippen LogP contribution in [0.4, 0.5) is 0 Å². The summed E-state index contributed by atoms with van der Waals surface area (Å²) in [6.45, 7) is 2.36. The highest BCUT2D eigenvalue weighted by Gasteiger charge is 2.41. The fourth-order valence-electron chi connectivity index (χ4n) is 2.27. The molecule has 14 heavy (non-hydrogen) atoms. The van der Waals surface area contributed by atoms with Gasteiger partial charge in [-0.25, -0.2) is 0 Å². The van der Waals surface area contributed by atoms with E-state index in [1.54, 1.807) is 0 Å². The van der Waals surface area contributed by atoms with Crippen LogP contribution in [0.15, 0.2) is 0 Å². The molecule has 0 aliphatic heterocycles. The molecule has 1 atom stereocenters. The van der Waals surface area contributed by atoms with Crippen molar-refractivity contribution >= 4 is 11.8 Å². The summed E-state index contributed by atoms with van der Waals surface area (Å²) < 4.78 is 0. The van der Waals surface area contributed by atoms with Gasteiger partial charge in [-0.15, -0.1) is 0 Å². The number of thioether (sulfide) groups is 1. The van der Waals surface area contributed by atoms with E-state index in [1.165, 1.54) is 37.9 Å². The predicted octanol–water partition coefficient (Wildman–Crippen LogP) is 2.91. The molecular formula is C12H23NS. The van der Waals surface area contributed by atoms with Gasteiger partial charge in [0.25, 0.3) is 0 Å². The highest BCUT2D eigenvalue weighted by atomic mass is 32.2. The van der Waals surface area contributed by atoms with Crippen molar-refractivity contribution in [2.24, 2.45) is 11.8 Å². The maximum Gasteiger partial charge on any atom is 0.0126 e. The molecule has 2 saturated carbocycles. The van der Waals surface area contributed by atoms with Crippen LogP contribution >= 0.6 is 11.8 Å². The monoisotopic (exact) mass is 213 g/mol. The van der Waals surface area contributed by atoms with Gasteiger partial charge < -0.3 is 5.32 Å². The molecule has 1 N–H and O–H groups in total. The first kappa shape index (κ1) is 10.8. The quantitative estimate of drug-likeness (QED) is 0.698. The summed E-state index contributed by atoms with van der Waals surface area (Å²) in [4.78, 5) is 0. The van der Waals surface area contributed by atoms with Gasteiger partial charge >= 0.3 is 0 Å². The van der Waals surface area contributed by atoms with Crippen molar-refractivity contribution in [1.82, 2.24) is 5.32 Å². The van der Waals surface area contributed by atoms with Gasteiger partial charge in [-0.3, -0.25) is 0 Å². The van der Waals surface area contributed by atoms with Gasteiger partial charge in [0.15, 0.2) is 0 Å². The molecule has 82 valence electrons. The van der Waals surface area contributed by atoms with Crippen LogP contribution < -0.4 is 5.32 Å². The topological polar surface area (TPSA) is 12.0 Å².